The molecule has 0 saturated carbocycles. The van der Waals surface area contributed by atoms with E-state index in [1.165, 1.54) is 0 Å². The molecule has 1 aromatic heterocycles. The molecule has 0 fully saturated rings. The summed E-state index contributed by atoms with van der Waals surface area (Å²) in [5.41, 5.74) is 5.07. The second-order valence-corrected chi connectivity index (χ2v) is 5.31. The maximum atomic E-state index is 13.1. The summed E-state index contributed by atoms with van der Waals surface area (Å²) < 4.78 is 27.3. The Bertz CT molecular complexity index is 871. The highest BCUT2D eigenvalue weighted by molar-refractivity contribution is 5.94. The lowest BCUT2D eigenvalue weighted by Gasteiger charge is -2.13. The van der Waals surface area contributed by atoms with Crippen LogP contribution < -0.4 is 16.6 Å². The molecule has 0 unspecified atom stereocenters. The number of rotatable bonds is 4. The van der Waals surface area contributed by atoms with Crippen LogP contribution >= 0.6 is 0 Å². The smallest absolute Gasteiger partial charge is 0.264 e. The number of primary amides is 1. The predicted molar refractivity (Wildman–Crippen MR) is 83.7 cm³/mol. The quantitative estimate of drug-likeness (QED) is 0.886. The first-order valence-electron chi connectivity index (χ1n) is 6.96. The van der Waals surface area contributed by atoms with Crippen molar-refractivity contribution in [2.45, 2.75) is 20.4 Å². The third-order valence-corrected chi connectivity index (χ3v) is 3.40. The first-order valence-corrected chi connectivity index (χ1v) is 6.96. The SMILES string of the molecule is Cc1cc(C)n(CC(=O)Nc2cc(F)cc(F)c2)c(=O)c1C(N)=O. The molecular formula is C16H15F2N3O3. The minimum Gasteiger partial charge on any atom is -0.365 e. The molecule has 2 aromatic rings. The van der Waals surface area contributed by atoms with Crippen molar-refractivity contribution in [3.63, 3.8) is 0 Å². The number of aromatic nitrogens is 1. The fraction of sp³-hybridized carbons (Fsp3) is 0.188. The van der Waals surface area contributed by atoms with Gasteiger partial charge in [-0.15, -0.1) is 0 Å². The second kappa shape index (κ2) is 6.61. The number of carbonyl (C=O) groups is 2. The molecule has 6 nitrogen and oxygen atoms in total. The number of nitrogens with zero attached hydrogens (tertiary/aromatic N) is 1. The van der Waals surface area contributed by atoms with Gasteiger partial charge in [0.05, 0.1) is 0 Å². The van der Waals surface area contributed by atoms with Gasteiger partial charge < -0.3 is 15.6 Å². The molecule has 0 aliphatic heterocycles. The zero-order chi connectivity index (χ0) is 18.0. The molecule has 0 saturated heterocycles. The van der Waals surface area contributed by atoms with Gasteiger partial charge in [0.25, 0.3) is 11.5 Å². The summed E-state index contributed by atoms with van der Waals surface area (Å²) in [5.74, 6) is -3.25. The van der Waals surface area contributed by atoms with Crippen LogP contribution in [0.4, 0.5) is 14.5 Å². The first-order chi connectivity index (χ1) is 11.2. The highest BCUT2D eigenvalue weighted by atomic mass is 19.1. The molecule has 8 heteroatoms. The van der Waals surface area contributed by atoms with Crippen molar-refractivity contribution in [2.24, 2.45) is 5.73 Å². The van der Waals surface area contributed by atoms with Gasteiger partial charge in [0.1, 0.15) is 23.7 Å². The van der Waals surface area contributed by atoms with E-state index >= 15 is 0 Å². The van der Waals surface area contributed by atoms with Gasteiger partial charge in [0.2, 0.25) is 5.91 Å². The van der Waals surface area contributed by atoms with E-state index in [4.69, 9.17) is 5.73 Å². The zero-order valence-corrected chi connectivity index (χ0v) is 13.0. The van der Waals surface area contributed by atoms with E-state index in [1.54, 1.807) is 19.9 Å². The second-order valence-electron chi connectivity index (χ2n) is 5.31. The fourth-order valence-electron chi connectivity index (χ4n) is 2.39. The molecule has 3 N–H and O–H groups in total. The van der Waals surface area contributed by atoms with Gasteiger partial charge in [-0.2, -0.15) is 0 Å². The van der Waals surface area contributed by atoms with Crippen LogP contribution in [0.25, 0.3) is 0 Å². The fourth-order valence-corrected chi connectivity index (χ4v) is 2.39. The number of hydrogen-bond donors (Lipinski definition) is 2. The van der Waals surface area contributed by atoms with Crippen LogP contribution in [0.15, 0.2) is 29.1 Å². The molecule has 126 valence electrons. The summed E-state index contributed by atoms with van der Waals surface area (Å²) in [5, 5.41) is 2.29. The lowest BCUT2D eigenvalue weighted by atomic mass is 10.1. The van der Waals surface area contributed by atoms with E-state index in [1.807, 2.05) is 0 Å². The monoisotopic (exact) mass is 335 g/mol. The highest BCUT2D eigenvalue weighted by Gasteiger charge is 2.17. The number of hydrogen-bond acceptors (Lipinski definition) is 3. The third-order valence-electron chi connectivity index (χ3n) is 3.40. The van der Waals surface area contributed by atoms with E-state index in [9.17, 15) is 23.2 Å². The van der Waals surface area contributed by atoms with Crippen LogP contribution in [0.2, 0.25) is 0 Å². The summed E-state index contributed by atoms with van der Waals surface area (Å²) in [6.45, 7) is 2.73. The van der Waals surface area contributed by atoms with Crippen LogP contribution in [-0.2, 0) is 11.3 Å². The normalized spacial score (nSPS) is 10.5. The van der Waals surface area contributed by atoms with E-state index in [-0.39, 0.29) is 11.3 Å². The molecule has 1 aromatic carbocycles. The van der Waals surface area contributed by atoms with E-state index < -0.39 is 35.6 Å². The van der Waals surface area contributed by atoms with Crippen LogP contribution in [0, 0.1) is 25.5 Å². The Hall–Kier alpha value is -3.03. The van der Waals surface area contributed by atoms with Crippen molar-refractivity contribution in [3.8, 4) is 0 Å². The van der Waals surface area contributed by atoms with Gasteiger partial charge in [-0.05, 0) is 37.6 Å². The topological polar surface area (TPSA) is 94.2 Å². The Labute approximate surface area is 135 Å². The first kappa shape index (κ1) is 17.3. The Balaban J connectivity index is 2.31. The molecule has 0 bridgehead atoms. The van der Waals surface area contributed by atoms with Crippen LogP contribution in [0.3, 0.4) is 0 Å². The lowest BCUT2D eigenvalue weighted by molar-refractivity contribution is -0.116. The number of halogens is 2. The van der Waals surface area contributed by atoms with Gasteiger partial charge in [0, 0.05) is 17.4 Å². The van der Waals surface area contributed by atoms with Crippen molar-refractivity contribution in [2.75, 3.05) is 5.32 Å². The molecule has 0 radical (unpaired) electrons. The summed E-state index contributed by atoms with van der Waals surface area (Å²) in [4.78, 5) is 35.7. The summed E-state index contributed by atoms with van der Waals surface area (Å²) in [6, 6.07) is 4.11. The highest BCUT2D eigenvalue weighted by Crippen LogP contribution is 2.13. The number of pyridine rings is 1. The molecule has 1 heterocycles. The zero-order valence-electron chi connectivity index (χ0n) is 13.0. The summed E-state index contributed by atoms with van der Waals surface area (Å²) >= 11 is 0. The number of amides is 2. The van der Waals surface area contributed by atoms with Gasteiger partial charge in [0.15, 0.2) is 0 Å². The molecule has 0 aliphatic rings. The molecule has 0 aliphatic carbocycles. The standard InChI is InChI=1S/C16H15F2N3O3/c1-8-3-9(2)21(16(24)14(8)15(19)23)7-13(22)20-12-5-10(17)4-11(18)6-12/h3-6H,7H2,1-2H3,(H2,19,23)(H,20,22). The van der Waals surface area contributed by atoms with E-state index in [0.29, 0.717) is 17.3 Å². The predicted octanol–water partition coefficient (Wildman–Crippen LogP) is 1.48. The van der Waals surface area contributed by atoms with Crippen LogP contribution in [0.5, 0.6) is 0 Å². The lowest BCUT2D eigenvalue weighted by Crippen LogP contribution is -2.35. The Morgan fingerprint density at radius 2 is 1.71 bits per heavy atom. The van der Waals surface area contributed by atoms with Crippen LogP contribution in [-0.4, -0.2) is 16.4 Å². The minimum absolute atomic E-state index is 0.0783. The largest absolute Gasteiger partial charge is 0.365 e. The van der Waals surface area contributed by atoms with Crippen molar-refractivity contribution in [1.29, 1.82) is 0 Å². The number of nitrogens with one attached hydrogen (secondary N) is 1. The van der Waals surface area contributed by atoms with E-state index in [0.717, 1.165) is 16.7 Å². The number of aryl methyl sites for hydroxylation is 2. The molecule has 0 spiro atoms. The van der Waals surface area contributed by atoms with Gasteiger partial charge in [-0.3, -0.25) is 14.4 Å². The van der Waals surface area contributed by atoms with Gasteiger partial charge in [-0.25, -0.2) is 8.78 Å². The Morgan fingerprint density at radius 1 is 1.12 bits per heavy atom. The Kier molecular flexibility index (Phi) is 4.77. The Morgan fingerprint density at radius 3 is 2.25 bits per heavy atom. The molecule has 24 heavy (non-hydrogen) atoms. The summed E-state index contributed by atoms with van der Waals surface area (Å²) in [6.07, 6.45) is 0. The van der Waals surface area contributed by atoms with Crippen molar-refractivity contribution < 1.29 is 18.4 Å². The number of benzene rings is 1. The number of nitrogens with two attached hydrogens (primary N) is 1. The average molecular weight is 335 g/mol. The molecular weight excluding hydrogens is 320 g/mol. The third kappa shape index (κ3) is 3.65. The van der Waals surface area contributed by atoms with Gasteiger partial charge >= 0.3 is 0 Å². The maximum Gasteiger partial charge on any atom is 0.264 e. The minimum atomic E-state index is -0.890. The van der Waals surface area contributed by atoms with Crippen molar-refractivity contribution in [1.82, 2.24) is 4.57 Å². The number of carbonyl (C=O) groups excluding carboxylic acids is 2. The molecule has 2 amide bonds. The van der Waals surface area contributed by atoms with Crippen molar-refractivity contribution in [3.05, 3.63) is 63.1 Å². The number of anilines is 1. The van der Waals surface area contributed by atoms with Crippen LogP contribution in [0.1, 0.15) is 21.6 Å². The van der Waals surface area contributed by atoms with E-state index in [2.05, 4.69) is 5.32 Å². The average Bonchev–Trinajstić information content (AvgIpc) is 2.41. The van der Waals surface area contributed by atoms with Gasteiger partial charge in [-0.1, -0.05) is 0 Å². The maximum absolute atomic E-state index is 13.1. The van der Waals surface area contributed by atoms with Crippen molar-refractivity contribution >= 4 is 17.5 Å². The molecule has 2 rings (SSSR count). The summed E-state index contributed by atoms with van der Waals surface area (Å²) in [7, 11) is 0. The molecule has 0 atom stereocenters.